The minimum atomic E-state index is -3.76. The van der Waals surface area contributed by atoms with Gasteiger partial charge in [0.25, 0.3) is 0 Å². The van der Waals surface area contributed by atoms with Crippen molar-refractivity contribution in [3.8, 4) is 5.75 Å². The average molecular weight is 403 g/mol. The van der Waals surface area contributed by atoms with Crippen molar-refractivity contribution in [3.63, 3.8) is 0 Å². The third kappa shape index (κ3) is 4.54. The van der Waals surface area contributed by atoms with Crippen LogP contribution in [0.15, 0.2) is 53.4 Å². The number of nitrogens with zero attached hydrogens (tertiary/aromatic N) is 1. The van der Waals surface area contributed by atoms with Gasteiger partial charge in [-0.3, -0.25) is 4.79 Å². The monoisotopic (exact) mass is 402 g/mol. The quantitative estimate of drug-likeness (QED) is 0.731. The second-order valence-electron chi connectivity index (χ2n) is 7.16. The molecule has 2 aromatic carbocycles. The van der Waals surface area contributed by atoms with Gasteiger partial charge in [-0.25, -0.2) is 8.42 Å². The molecule has 0 aliphatic heterocycles. The number of hydrogen-bond acceptors (Lipinski definition) is 4. The van der Waals surface area contributed by atoms with Gasteiger partial charge in [0.15, 0.2) is 0 Å². The van der Waals surface area contributed by atoms with Gasteiger partial charge in [-0.05, 0) is 49.4 Å². The van der Waals surface area contributed by atoms with Crippen molar-refractivity contribution >= 4 is 21.6 Å². The van der Waals surface area contributed by atoms with Crippen molar-refractivity contribution in [3.05, 3.63) is 54.1 Å². The fraction of sp³-hybridized carbons (Fsp3) is 0.381. The summed E-state index contributed by atoms with van der Waals surface area (Å²) in [5, 5.41) is 2.64. The number of sulfonamides is 1. The number of anilines is 1. The van der Waals surface area contributed by atoms with Gasteiger partial charge in [0, 0.05) is 19.5 Å². The fourth-order valence-corrected chi connectivity index (χ4v) is 5.00. The zero-order chi connectivity index (χ0) is 20.3. The van der Waals surface area contributed by atoms with Crippen molar-refractivity contribution in [2.45, 2.75) is 44.2 Å². The highest BCUT2D eigenvalue weighted by atomic mass is 32.2. The lowest BCUT2D eigenvalue weighted by Crippen LogP contribution is -2.39. The smallest absolute Gasteiger partial charge is 0.243 e. The molecule has 0 heterocycles. The van der Waals surface area contributed by atoms with E-state index in [1.54, 1.807) is 10.4 Å². The predicted octanol–water partition coefficient (Wildman–Crippen LogP) is 3.64. The largest absolute Gasteiger partial charge is 0.495 e. The Bertz CT molecular complexity index is 940. The van der Waals surface area contributed by atoms with Crippen LogP contribution in [-0.4, -0.2) is 31.8 Å². The van der Waals surface area contributed by atoms with Gasteiger partial charge in [-0.1, -0.05) is 30.3 Å². The van der Waals surface area contributed by atoms with Crippen LogP contribution in [-0.2, 0) is 21.4 Å². The first-order valence-corrected chi connectivity index (χ1v) is 10.8. The molecule has 2 aromatic rings. The second kappa shape index (κ2) is 8.32. The van der Waals surface area contributed by atoms with Crippen LogP contribution in [0.4, 0.5) is 5.69 Å². The van der Waals surface area contributed by atoms with E-state index in [1.165, 1.54) is 26.2 Å². The van der Waals surface area contributed by atoms with E-state index in [0.29, 0.717) is 23.9 Å². The van der Waals surface area contributed by atoms with Gasteiger partial charge in [-0.2, -0.15) is 4.31 Å². The van der Waals surface area contributed by atoms with Crippen LogP contribution in [0.2, 0.25) is 0 Å². The van der Waals surface area contributed by atoms with Gasteiger partial charge < -0.3 is 10.1 Å². The predicted molar refractivity (Wildman–Crippen MR) is 109 cm³/mol. The summed E-state index contributed by atoms with van der Waals surface area (Å²) in [6, 6.07) is 14.0. The van der Waals surface area contributed by atoms with Gasteiger partial charge >= 0.3 is 0 Å². The maximum atomic E-state index is 13.5. The van der Waals surface area contributed by atoms with Crippen molar-refractivity contribution < 1.29 is 17.9 Å². The van der Waals surface area contributed by atoms with Gasteiger partial charge in [0.1, 0.15) is 5.75 Å². The van der Waals surface area contributed by atoms with Crippen LogP contribution >= 0.6 is 0 Å². The number of methoxy groups -OCH3 is 1. The van der Waals surface area contributed by atoms with Crippen molar-refractivity contribution in [2.24, 2.45) is 5.92 Å². The van der Waals surface area contributed by atoms with E-state index < -0.39 is 10.0 Å². The number of benzene rings is 2. The van der Waals surface area contributed by atoms with E-state index in [4.69, 9.17) is 4.74 Å². The molecule has 0 bridgehead atoms. The van der Waals surface area contributed by atoms with E-state index in [2.05, 4.69) is 5.32 Å². The molecule has 1 N–H and O–H groups in total. The number of nitrogens with one attached hydrogen (secondary N) is 1. The van der Waals surface area contributed by atoms with E-state index in [-0.39, 0.29) is 16.8 Å². The summed E-state index contributed by atoms with van der Waals surface area (Å²) < 4.78 is 33.9. The summed E-state index contributed by atoms with van der Waals surface area (Å²) in [7, 11) is -2.28. The van der Waals surface area contributed by atoms with Crippen LogP contribution < -0.4 is 10.1 Å². The molecular weight excluding hydrogens is 376 g/mol. The Morgan fingerprint density at radius 2 is 1.89 bits per heavy atom. The lowest BCUT2D eigenvalue weighted by atomic mass is 10.2. The summed E-state index contributed by atoms with van der Waals surface area (Å²) in [6.07, 6.45) is 2.09. The van der Waals surface area contributed by atoms with E-state index in [9.17, 15) is 13.2 Å². The first kappa shape index (κ1) is 20.4. The number of carbonyl (C=O) groups excluding carboxylic acids is 1. The molecule has 0 spiro atoms. The SMILES string of the molecule is COc1ccc(S(=O)(=O)N(Cc2ccccc2)[C@H](C)C2CC2)cc1NC(C)=O. The Hall–Kier alpha value is -2.38. The lowest BCUT2D eigenvalue weighted by Gasteiger charge is -2.29. The van der Waals surface area contributed by atoms with Gasteiger partial charge in [0.2, 0.25) is 15.9 Å². The summed E-state index contributed by atoms with van der Waals surface area (Å²) in [5.74, 6) is 0.505. The number of carbonyl (C=O) groups is 1. The first-order chi connectivity index (χ1) is 13.3. The minimum absolute atomic E-state index is 0.100. The topological polar surface area (TPSA) is 75.7 Å². The average Bonchev–Trinajstić information content (AvgIpc) is 3.51. The number of ether oxygens (including phenoxy) is 1. The molecular formula is C21H26N2O4S. The van der Waals surface area contributed by atoms with Crippen LogP contribution in [0.1, 0.15) is 32.3 Å². The molecule has 1 atom stereocenters. The van der Waals surface area contributed by atoms with Crippen LogP contribution in [0, 0.1) is 5.92 Å². The third-order valence-corrected chi connectivity index (χ3v) is 6.96. The molecule has 0 saturated heterocycles. The molecule has 0 unspecified atom stereocenters. The molecule has 0 aromatic heterocycles. The van der Waals surface area contributed by atoms with Crippen molar-refractivity contribution in [1.29, 1.82) is 0 Å². The molecule has 7 heteroatoms. The summed E-state index contributed by atoms with van der Waals surface area (Å²) >= 11 is 0. The zero-order valence-corrected chi connectivity index (χ0v) is 17.2. The number of hydrogen-bond donors (Lipinski definition) is 1. The molecule has 150 valence electrons. The van der Waals surface area contributed by atoms with Crippen LogP contribution in [0.25, 0.3) is 0 Å². The molecule has 3 rings (SSSR count). The van der Waals surface area contributed by atoms with Crippen molar-refractivity contribution in [1.82, 2.24) is 4.31 Å². The molecule has 0 radical (unpaired) electrons. The maximum Gasteiger partial charge on any atom is 0.243 e. The van der Waals surface area contributed by atoms with Crippen LogP contribution in [0.5, 0.6) is 5.75 Å². The Labute approximate surface area is 166 Å². The Morgan fingerprint density at radius 1 is 1.21 bits per heavy atom. The standard InChI is InChI=1S/C21H26N2O4S/c1-15(18-9-10-18)23(14-17-7-5-4-6-8-17)28(25,26)19-11-12-21(27-3)20(13-19)22-16(2)24/h4-8,11-13,15,18H,9-10,14H2,1-3H3,(H,22,24)/t15-/m1/s1. The molecule has 1 aliphatic rings. The lowest BCUT2D eigenvalue weighted by molar-refractivity contribution is -0.114. The van der Waals surface area contributed by atoms with Crippen molar-refractivity contribution in [2.75, 3.05) is 12.4 Å². The van der Waals surface area contributed by atoms with E-state index >= 15 is 0 Å². The van der Waals surface area contributed by atoms with Crippen LogP contribution in [0.3, 0.4) is 0 Å². The summed E-state index contributed by atoms with van der Waals surface area (Å²) in [6.45, 7) is 3.65. The van der Waals surface area contributed by atoms with Gasteiger partial charge in [0.05, 0.1) is 17.7 Å². The van der Waals surface area contributed by atoms with E-state index in [1.807, 2.05) is 37.3 Å². The summed E-state index contributed by atoms with van der Waals surface area (Å²) in [4.78, 5) is 11.6. The molecule has 6 nitrogen and oxygen atoms in total. The minimum Gasteiger partial charge on any atom is -0.495 e. The third-order valence-electron chi connectivity index (χ3n) is 5.03. The molecule has 1 aliphatic carbocycles. The Morgan fingerprint density at radius 3 is 2.46 bits per heavy atom. The fourth-order valence-electron chi connectivity index (χ4n) is 3.30. The maximum absolute atomic E-state index is 13.5. The highest BCUT2D eigenvalue weighted by molar-refractivity contribution is 7.89. The zero-order valence-electron chi connectivity index (χ0n) is 16.4. The van der Waals surface area contributed by atoms with Gasteiger partial charge in [-0.15, -0.1) is 0 Å². The molecule has 1 amide bonds. The normalized spacial score (nSPS) is 15.3. The highest BCUT2D eigenvalue weighted by Gasteiger charge is 2.38. The molecule has 1 fully saturated rings. The van der Waals surface area contributed by atoms with E-state index in [0.717, 1.165) is 18.4 Å². The molecule has 28 heavy (non-hydrogen) atoms. The second-order valence-corrected chi connectivity index (χ2v) is 9.05. The number of amides is 1. The Balaban J connectivity index is 1.99. The Kier molecular flexibility index (Phi) is 6.05. The highest BCUT2D eigenvalue weighted by Crippen LogP contribution is 2.38. The first-order valence-electron chi connectivity index (χ1n) is 9.34. The summed E-state index contributed by atoms with van der Waals surface area (Å²) in [5.41, 5.74) is 1.28. The number of rotatable bonds is 8. The molecule has 1 saturated carbocycles.